The number of piperidine rings is 1. The van der Waals surface area contributed by atoms with Crippen molar-refractivity contribution in [3.8, 4) is 0 Å². The first-order chi connectivity index (χ1) is 7.13. The van der Waals surface area contributed by atoms with Gasteiger partial charge in [-0.15, -0.1) is 0 Å². The van der Waals surface area contributed by atoms with Crippen LogP contribution >= 0.6 is 0 Å². The van der Waals surface area contributed by atoms with Crippen LogP contribution in [0.25, 0.3) is 0 Å². The molecule has 1 aliphatic rings. The molecule has 6 nitrogen and oxygen atoms in total. The molecule has 84 valence electrons. The van der Waals surface area contributed by atoms with E-state index in [-0.39, 0.29) is 18.4 Å². The van der Waals surface area contributed by atoms with Gasteiger partial charge >= 0.3 is 6.09 Å². The Morgan fingerprint density at radius 3 is 2.47 bits per heavy atom. The maximum Gasteiger partial charge on any atom is 0.405 e. The van der Waals surface area contributed by atoms with E-state index in [1.165, 1.54) is 0 Å². The smallest absolute Gasteiger partial charge is 0.405 e. The molecular weight excluding hydrogens is 200 g/mol. The predicted octanol–water partition coefficient (Wildman–Crippen LogP) is -0.308. The van der Waals surface area contributed by atoms with Gasteiger partial charge in [-0.3, -0.25) is 4.79 Å². The minimum atomic E-state index is -1.20. The number of amides is 2. The number of carbonyl (C=O) groups excluding carboxylic acids is 2. The van der Waals surface area contributed by atoms with E-state index in [2.05, 4.69) is 0 Å². The molecule has 1 saturated heterocycles. The second-order valence-corrected chi connectivity index (χ2v) is 3.51. The molecule has 0 aromatic rings. The van der Waals surface area contributed by atoms with Crippen LogP contribution in [0.15, 0.2) is 0 Å². The Kier molecular flexibility index (Phi) is 4.08. The summed E-state index contributed by atoms with van der Waals surface area (Å²) >= 11 is 0. The summed E-state index contributed by atoms with van der Waals surface area (Å²) < 4.78 is 0. The highest BCUT2D eigenvalue weighted by atomic mass is 16.4. The van der Waals surface area contributed by atoms with Gasteiger partial charge in [0.05, 0.1) is 0 Å². The van der Waals surface area contributed by atoms with E-state index in [0.717, 1.165) is 6.29 Å². The Balaban J connectivity index is 2.29. The minimum Gasteiger partial charge on any atom is -0.465 e. The van der Waals surface area contributed by atoms with Gasteiger partial charge in [-0.25, -0.2) is 4.79 Å². The highest BCUT2D eigenvalue weighted by molar-refractivity contribution is 5.81. The fraction of sp³-hybridized carbons (Fsp3) is 0.667. The van der Waals surface area contributed by atoms with Crippen LogP contribution < -0.4 is 5.32 Å². The third-order valence-electron chi connectivity index (χ3n) is 2.48. The van der Waals surface area contributed by atoms with Crippen LogP contribution in [0.4, 0.5) is 4.79 Å². The quantitative estimate of drug-likeness (QED) is 0.631. The second-order valence-electron chi connectivity index (χ2n) is 3.51. The topological polar surface area (TPSA) is 86.7 Å². The number of nitrogens with zero attached hydrogens (tertiary/aromatic N) is 1. The third-order valence-corrected chi connectivity index (χ3v) is 2.48. The number of hydrogen-bond donors (Lipinski definition) is 2. The normalized spacial score (nSPS) is 17.2. The number of rotatable bonds is 3. The zero-order chi connectivity index (χ0) is 11.3. The van der Waals surface area contributed by atoms with E-state index in [0.29, 0.717) is 25.9 Å². The van der Waals surface area contributed by atoms with Crippen molar-refractivity contribution in [3.63, 3.8) is 0 Å². The van der Waals surface area contributed by atoms with Crippen molar-refractivity contribution in [2.24, 2.45) is 5.92 Å². The molecule has 1 rings (SSSR count). The first-order valence-corrected chi connectivity index (χ1v) is 4.83. The molecule has 0 spiro atoms. The highest BCUT2D eigenvalue weighted by Gasteiger charge is 2.22. The van der Waals surface area contributed by atoms with E-state index in [1.807, 2.05) is 5.32 Å². The van der Waals surface area contributed by atoms with Crippen LogP contribution in [-0.2, 0) is 9.59 Å². The molecule has 0 unspecified atom stereocenters. The summed E-state index contributed by atoms with van der Waals surface area (Å²) in [5.74, 6) is -0.191. The van der Waals surface area contributed by atoms with E-state index >= 15 is 0 Å². The largest absolute Gasteiger partial charge is 0.465 e. The lowest BCUT2D eigenvalue weighted by atomic mass is 9.99. The number of likely N-dealkylation sites (tertiary alicyclic amines) is 1. The number of aldehydes is 1. The summed E-state index contributed by atoms with van der Waals surface area (Å²) in [6.45, 7) is 0.869. The van der Waals surface area contributed by atoms with Gasteiger partial charge in [0.1, 0.15) is 12.8 Å². The van der Waals surface area contributed by atoms with Gasteiger partial charge in [0.15, 0.2) is 0 Å². The summed E-state index contributed by atoms with van der Waals surface area (Å²) in [4.78, 5) is 33.6. The highest BCUT2D eigenvalue weighted by Crippen LogP contribution is 2.14. The molecule has 2 N–H and O–H groups in total. The van der Waals surface area contributed by atoms with Gasteiger partial charge in [0, 0.05) is 19.0 Å². The van der Waals surface area contributed by atoms with Crippen molar-refractivity contribution in [2.75, 3.05) is 19.6 Å². The summed E-state index contributed by atoms with van der Waals surface area (Å²) in [7, 11) is 0. The SMILES string of the molecule is O=CC1CCN(C(=O)CNC(=O)O)CC1. The monoisotopic (exact) mass is 214 g/mol. The summed E-state index contributed by atoms with van der Waals surface area (Å²) in [6, 6.07) is 0. The number of carboxylic acid groups (broad SMARTS) is 1. The maximum absolute atomic E-state index is 11.4. The van der Waals surface area contributed by atoms with Crippen molar-refractivity contribution < 1.29 is 19.5 Å². The third kappa shape index (κ3) is 3.57. The van der Waals surface area contributed by atoms with Crippen LogP contribution in [0.1, 0.15) is 12.8 Å². The average Bonchev–Trinajstić information content (AvgIpc) is 2.26. The first-order valence-electron chi connectivity index (χ1n) is 4.83. The van der Waals surface area contributed by atoms with Gasteiger partial charge in [-0.2, -0.15) is 0 Å². The molecule has 0 saturated carbocycles. The van der Waals surface area contributed by atoms with Gasteiger partial charge in [-0.1, -0.05) is 0 Å². The molecule has 6 heteroatoms. The zero-order valence-electron chi connectivity index (χ0n) is 8.31. The lowest BCUT2D eigenvalue weighted by Gasteiger charge is -2.29. The van der Waals surface area contributed by atoms with Gasteiger partial charge in [-0.05, 0) is 12.8 Å². The molecule has 2 amide bonds. The minimum absolute atomic E-state index is 0.0430. The molecule has 0 aromatic heterocycles. The van der Waals surface area contributed by atoms with Crippen LogP contribution in [0.3, 0.4) is 0 Å². The van der Waals surface area contributed by atoms with Crippen molar-refractivity contribution >= 4 is 18.3 Å². The second kappa shape index (κ2) is 5.33. The zero-order valence-corrected chi connectivity index (χ0v) is 8.31. The van der Waals surface area contributed by atoms with E-state index in [1.54, 1.807) is 4.90 Å². The predicted molar refractivity (Wildman–Crippen MR) is 51.4 cm³/mol. The molecule has 0 aromatic carbocycles. The van der Waals surface area contributed by atoms with Crippen LogP contribution in [0.5, 0.6) is 0 Å². The molecule has 0 bridgehead atoms. The Morgan fingerprint density at radius 2 is 2.00 bits per heavy atom. The van der Waals surface area contributed by atoms with Gasteiger partial charge in [0.2, 0.25) is 5.91 Å². The lowest BCUT2D eigenvalue weighted by Crippen LogP contribution is -2.44. The van der Waals surface area contributed by atoms with E-state index in [4.69, 9.17) is 5.11 Å². The molecular formula is C9H14N2O4. The molecule has 1 aliphatic heterocycles. The molecule has 0 aliphatic carbocycles. The fourth-order valence-corrected chi connectivity index (χ4v) is 1.55. The average molecular weight is 214 g/mol. The van der Waals surface area contributed by atoms with Gasteiger partial charge < -0.3 is 20.1 Å². The summed E-state index contributed by atoms with van der Waals surface area (Å²) in [6.07, 6.45) is 1.05. The van der Waals surface area contributed by atoms with Crippen LogP contribution in [0, 0.1) is 5.92 Å². The molecule has 0 atom stereocenters. The summed E-state index contributed by atoms with van der Waals surface area (Å²) in [5, 5.41) is 10.3. The van der Waals surface area contributed by atoms with E-state index < -0.39 is 6.09 Å². The Bertz CT molecular complexity index is 259. The molecule has 15 heavy (non-hydrogen) atoms. The Morgan fingerprint density at radius 1 is 1.40 bits per heavy atom. The van der Waals surface area contributed by atoms with Gasteiger partial charge in [0.25, 0.3) is 0 Å². The lowest BCUT2D eigenvalue weighted by molar-refractivity contribution is -0.132. The summed E-state index contributed by atoms with van der Waals surface area (Å²) in [5.41, 5.74) is 0. The Labute approximate surface area is 87.2 Å². The standard InChI is InChI=1S/C9H14N2O4/c12-6-7-1-3-11(4-2-7)8(13)5-10-9(14)15/h6-7,10H,1-5H2,(H,14,15). The van der Waals surface area contributed by atoms with E-state index in [9.17, 15) is 14.4 Å². The van der Waals surface area contributed by atoms with Crippen LogP contribution in [0.2, 0.25) is 0 Å². The van der Waals surface area contributed by atoms with Crippen molar-refractivity contribution in [1.29, 1.82) is 0 Å². The first kappa shape index (κ1) is 11.5. The van der Waals surface area contributed by atoms with Crippen molar-refractivity contribution in [3.05, 3.63) is 0 Å². The number of carbonyl (C=O) groups is 3. The van der Waals surface area contributed by atoms with Crippen molar-refractivity contribution in [2.45, 2.75) is 12.8 Å². The maximum atomic E-state index is 11.4. The van der Waals surface area contributed by atoms with Crippen molar-refractivity contribution in [1.82, 2.24) is 10.2 Å². The van der Waals surface area contributed by atoms with Crippen LogP contribution in [-0.4, -0.2) is 47.9 Å². The number of hydrogen-bond acceptors (Lipinski definition) is 3. The molecule has 0 radical (unpaired) electrons. The molecule has 1 fully saturated rings. The number of nitrogens with one attached hydrogen (secondary N) is 1. The Hall–Kier alpha value is -1.59. The fourth-order valence-electron chi connectivity index (χ4n) is 1.55. The molecule has 1 heterocycles.